The van der Waals surface area contributed by atoms with Gasteiger partial charge >= 0.3 is 11.7 Å². The van der Waals surface area contributed by atoms with Crippen molar-refractivity contribution in [1.29, 1.82) is 0 Å². The van der Waals surface area contributed by atoms with Crippen molar-refractivity contribution in [2.45, 2.75) is 65.5 Å². The van der Waals surface area contributed by atoms with Gasteiger partial charge in [0.2, 0.25) is 0 Å². The van der Waals surface area contributed by atoms with Gasteiger partial charge in [-0.2, -0.15) is 0 Å². The van der Waals surface area contributed by atoms with E-state index in [9.17, 15) is 19.5 Å². The summed E-state index contributed by atoms with van der Waals surface area (Å²) in [5, 5.41) is 9.47. The zero-order chi connectivity index (χ0) is 23.8. The molecule has 0 fully saturated rings. The predicted octanol–water partition coefficient (Wildman–Crippen LogP) is 5.41. The molecular weight excluding hydrogens is 416 g/mol. The number of hydrogen-bond acceptors (Lipinski definition) is 3. The highest BCUT2D eigenvalue weighted by Crippen LogP contribution is 2.24. The van der Waals surface area contributed by atoms with Crippen molar-refractivity contribution in [2.75, 3.05) is 0 Å². The molecule has 0 atom stereocenters. The number of nitrogens with zero attached hydrogens (tertiary/aromatic N) is 2. The number of rotatable bonds is 12. The molecular formula is C27H32N2O4. The standard InChI is InChI=1S/C27H32N2O4/c1-3-5-9-17-28-25(19-30)24(12-6-4-2)29(27(28)33)18-20-13-15-21(16-14-20)22-10-7-8-11-23(22)26(31)32/h7-8,10-11,13-16,19H,3-6,9,12,17-18H2,1-2H3,(H,31,32). The number of aromatic nitrogens is 2. The Morgan fingerprint density at radius 1 is 0.939 bits per heavy atom. The molecule has 1 aromatic heterocycles. The van der Waals surface area contributed by atoms with E-state index < -0.39 is 5.97 Å². The highest BCUT2D eigenvalue weighted by Gasteiger charge is 2.19. The van der Waals surface area contributed by atoms with E-state index >= 15 is 0 Å². The molecule has 1 heterocycles. The fraction of sp³-hybridized carbons (Fsp3) is 0.370. The number of carbonyl (C=O) groups is 2. The van der Waals surface area contributed by atoms with Crippen LogP contribution in [0.1, 0.15) is 78.1 Å². The summed E-state index contributed by atoms with van der Waals surface area (Å²) >= 11 is 0. The highest BCUT2D eigenvalue weighted by atomic mass is 16.4. The Morgan fingerprint density at radius 2 is 1.64 bits per heavy atom. The monoisotopic (exact) mass is 448 g/mol. The normalized spacial score (nSPS) is 11.0. The minimum atomic E-state index is -0.965. The molecule has 0 spiro atoms. The minimum absolute atomic E-state index is 0.139. The van der Waals surface area contributed by atoms with Gasteiger partial charge in [-0.25, -0.2) is 9.59 Å². The zero-order valence-corrected chi connectivity index (χ0v) is 19.4. The molecule has 0 amide bonds. The molecule has 3 aromatic rings. The van der Waals surface area contributed by atoms with Crippen LogP contribution in [0.25, 0.3) is 11.1 Å². The van der Waals surface area contributed by atoms with Crippen LogP contribution in [0.2, 0.25) is 0 Å². The first-order valence-electron chi connectivity index (χ1n) is 11.7. The number of hydrogen-bond donors (Lipinski definition) is 1. The maximum absolute atomic E-state index is 13.2. The van der Waals surface area contributed by atoms with Gasteiger partial charge < -0.3 is 5.11 Å². The van der Waals surface area contributed by atoms with Crippen LogP contribution >= 0.6 is 0 Å². The molecule has 0 aliphatic carbocycles. The van der Waals surface area contributed by atoms with Gasteiger partial charge in [0, 0.05) is 6.54 Å². The van der Waals surface area contributed by atoms with E-state index in [0.717, 1.165) is 55.2 Å². The van der Waals surface area contributed by atoms with E-state index in [-0.39, 0.29) is 11.3 Å². The fourth-order valence-corrected chi connectivity index (χ4v) is 4.19. The van der Waals surface area contributed by atoms with E-state index in [1.807, 2.05) is 30.3 Å². The van der Waals surface area contributed by atoms with Gasteiger partial charge in [0.15, 0.2) is 6.29 Å². The van der Waals surface area contributed by atoms with Crippen molar-refractivity contribution in [3.8, 4) is 11.1 Å². The van der Waals surface area contributed by atoms with Crippen LogP contribution in [0.4, 0.5) is 0 Å². The van der Waals surface area contributed by atoms with Crippen LogP contribution in [0.3, 0.4) is 0 Å². The average molecular weight is 449 g/mol. The Hall–Kier alpha value is -3.41. The molecule has 0 unspecified atom stereocenters. The lowest BCUT2D eigenvalue weighted by Gasteiger charge is -2.10. The van der Waals surface area contributed by atoms with Gasteiger partial charge in [0.05, 0.1) is 17.8 Å². The largest absolute Gasteiger partial charge is 0.478 e. The van der Waals surface area contributed by atoms with Crippen LogP contribution in [-0.2, 0) is 19.5 Å². The van der Waals surface area contributed by atoms with Crippen molar-refractivity contribution in [3.63, 3.8) is 0 Å². The molecule has 0 aliphatic heterocycles. The van der Waals surface area contributed by atoms with Crippen LogP contribution in [0.5, 0.6) is 0 Å². The second-order valence-corrected chi connectivity index (χ2v) is 8.33. The van der Waals surface area contributed by atoms with Crippen molar-refractivity contribution in [3.05, 3.63) is 81.5 Å². The third kappa shape index (κ3) is 5.51. The first-order chi connectivity index (χ1) is 16.0. The van der Waals surface area contributed by atoms with Gasteiger partial charge in [-0.05, 0) is 42.0 Å². The second-order valence-electron chi connectivity index (χ2n) is 8.33. The fourth-order valence-electron chi connectivity index (χ4n) is 4.19. The van der Waals surface area contributed by atoms with E-state index in [1.54, 1.807) is 27.3 Å². The molecule has 6 nitrogen and oxygen atoms in total. The van der Waals surface area contributed by atoms with Gasteiger partial charge in [-0.15, -0.1) is 0 Å². The van der Waals surface area contributed by atoms with Crippen molar-refractivity contribution < 1.29 is 14.7 Å². The summed E-state index contributed by atoms with van der Waals surface area (Å²) in [6.07, 6.45) is 6.32. The maximum atomic E-state index is 13.2. The van der Waals surface area contributed by atoms with Gasteiger partial charge in [-0.3, -0.25) is 13.9 Å². The van der Waals surface area contributed by atoms with E-state index in [0.29, 0.717) is 30.8 Å². The number of aldehydes is 1. The molecule has 0 bridgehead atoms. The van der Waals surface area contributed by atoms with Gasteiger partial charge in [0.1, 0.15) is 5.69 Å². The summed E-state index contributed by atoms with van der Waals surface area (Å²) in [6.45, 7) is 5.13. The Morgan fingerprint density at radius 3 is 2.27 bits per heavy atom. The number of imidazole rings is 1. The summed E-state index contributed by atoms with van der Waals surface area (Å²) in [5.41, 5.74) is 3.80. The molecule has 0 saturated heterocycles. The number of unbranched alkanes of at least 4 members (excludes halogenated alkanes) is 3. The first-order valence-corrected chi connectivity index (χ1v) is 11.7. The summed E-state index contributed by atoms with van der Waals surface area (Å²) < 4.78 is 3.36. The Bertz CT molecular complexity index is 1160. The molecule has 6 heteroatoms. The zero-order valence-electron chi connectivity index (χ0n) is 19.4. The number of carboxylic acids is 1. The van der Waals surface area contributed by atoms with Crippen molar-refractivity contribution in [2.24, 2.45) is 0 Å². The number of benzene rings is 2. The van der Waals surface area contributed by atoms with Crippen LogP contribution in [-0.4, -0.2) is 26.5 Å². The molecule has 0 saturated carbocycles. The highest BCUT2D eigenvalue weighted by molar-refractivity contribution is 5.96. The third-order valence-corrected chi connectivity index (χ3v) is 6.00. The minimum Gasteiger partial charge on any atom is -0.478 e. The van der Waals surface area contributed by atoms with E-state index in [1.165, 1.54) is 0 Å². The van der Waals surface area contributed by atoms with Gasteiger partial charge in [0.25, 0.3) is 0 Å². The third-order valence-electron chi connectivity index (χ3n) is 6.00. The van der Waals surface area contributed by atoms with Crippen LogP contribution in [0, 0.1) is 0 Å². The Kier molecular flexibility index (Phi) is 8.41. The molecule has 174 valence electrons. The van der Waals surface area contributed by atoms with Gasteiger partial charge in [-0.1, -0.05) is 75.6 Å². The smallest absolute Gasteiger partial charge is 0.336 e. The van der Waals surface area contributed by atoms with Crippen molar-refractivity contribution in [1.82, 2.24) is 9.13 Å². The molecule has 33 heavy (non-hydrogen) atoms. The lowest BCUT2D eigenvalue weighted by Crippen LogP contribution is -2.26. The Labute approximate surface area is 194 Å². The van der Waals surface area contributed by atoms with Crippen molar-refractivity contribution >= 4 is 12.3 Å². The molecule has 0 radical (unpaired) electrons. The lowest BCUT2D eigenvalue weighted by atomic mass is 9.99. The number of carbonyl (C=O) groups excluding carboxylic acids is 1. The van der Waals surface area contributed by atoms with E-state index in [2.05, 4.69) is 13.8 Å². The summed E-state index contributed by atoms with van der Waals surface area (Å²) in [4.78, 5) is 36.7. The van der Waals surface area contributed by atoms with E-state index in [4.69, 9.17) is 0 Å². The molecule has 1 N–H and O–H groups in total. The average Bonchev–Trinajstić information content (AvgIpc) is 3.08. The Balaban J connectivity index is 1.94. The maximum Gasteiger partial charge on any atom is 0.336 e. The van der Waals surface area contributed by atoms with Crippen LogP contribution in [0.15, 0.2) is 53.3 Å². The number of carboxylic acid groups (broad SMARTS) is 1. The topological polar surface area (TPSA) is 81.3 Å². The SMILES string of the molecule is CCCCCn1c(C=O)c(CCCC)n(Cc2ccc(-c3ccccc3C(=O)O)cc2)c1=O. The molecule has 2 aromatic carbocycles. The van der Waals surface area contributed by atoms with Crippen LogP contribution < -0.4 is 5.69 Å². The molecule has 0 aliphatic rings. The lowest BCUT2D eigenvalue weighted by molar-refractivity contribution is 0.0697. The summed E-state index contributed by atoms with van der Waals surface area (Å²) in [7, 11) is 0. The number of aromatic carboxylic acids is 1. The quantitative estimate of drug-likeness (QED) is 0.297. The molecule has 3 rings (SSSR count). The second kappa shape index (κ2) is 11.5. The summed E-state index contributed by atoms with van der Waals surface area (Å²) in [6, 6.07) is 14.5. The first kappa shape index (κ1) is 24.2. The predicted molar refractivity (Wildman–Crippen MR) is 130 cm³/mol. The summed E-state index contributed by atoms with van der Waals surface area (Å²) in [5.74, 6) is -0.965.